The lowest BCUT2D eigenvalue weighted by Crippen LogP contribution is -1.88. The largest absolute Gasteiger partial charge is 0.295 e. The van der Waals surface area contributed by atoms with E-state index in [9.17, 15) is 9.59 Å². The smallest absolute Gasteiger partial charge is 0.178 e. The number of allylic oxidation sites excluding steroid dienone is 3. The Morgan fingerprint density at radius 1 is 1.00 bits per heavy atom. The number of hydrogen-bond acceptors (Lipinski definition) is 2. The molecule has 0 bridgehead atoms. The fourth-order valence-corrected chi connectivity index (χ4v) is 0.998. The molecule has 2 heteroatoms. The molecule has 0 spiro atoms. The summed E-state index contributed by atoms with van der Waals surface area (Å²) in [6.45, 7) is 1.41. The first-order chi connectivity index (χ1) is 7.18. The van der Waals surface area contributed by atoms with Gasteiger partial charge < -0.3 is 0 Å². The van der Waals surface area contributed by atoms with Crippen LogP contribution < -0.4 is 0 Å². The van der Waals surface area contributed by atoms with Crippen molar-refractivity contribution in [1.82, 2.24) is 0 Å². The Hall–Kier alpha value is -1.96. The molecule has 0 fully saturated rings. The molecule has 0 N–H and O–H groups in total. The molecule has 0 aromatic heterocycles. The lowest BCUT2D eigenvalue weighted by molar-refractivity contribution is -0.113. The van der Waals surface area contributed by atoms with Gasteiger partial charge in [-0.05, 0) is 30.7 Å². The van der Waals surface area contributed by atoms with E-state index < -0.39 is 0 Å². The molecule has 0 heterocycles. The van der Waals surface area contributed by atoms with Gasteiger partial charge in [-0.2, -0.15) is 0 Å². The van der Waals surface area contributed by atoms with Gasteiger partial charge in [0, 0.05) is 0 Å². The molecule has 2 nitrogen and oxygen atoms in total. The molecular weight excluding hydrogens is 188 g/mol. The zero-order valence-corrected chi connectivity index (χ0v) is 8.51. The van der Waals surface area contributed by atoms with Gasteiger partial charge in [-0.25, -0.2) is 0 Å². The average molecular weight is 200 g/mol. The minimum atomic E-state index is -0.186. The Kier molecular flexibility index (Phi) is 4.23. The highest BCUT2D eigenvalue weighted by Crippen LogP contribution is 2.00. The molecule has 0 aliphatic rings. The third-order valence-corrected chi connectivity index (χ3v) is 1.72. The van der Waals surface area contributed by atoms with Gasteiger partial charge in [0.25, 0.3) is 0 Å². The highest BCUT2D eigenvalue weighted by Gasteiger charge is 1.90. The van der Waals surface area contributed by atoms with Gasteiger partial charge in [0.15, 0.2) is 11.6 Å². The van der Waals surface area contributed by atoms with Crippen LogP contribution in [0.1, 0.15) is 12.5 Å². The van der Waals surface area contributed by atoms with Crippen molar-refractivity contribution in [2.24, 2.45) is 0 Å². The molecule has 1 aromatic rings. The minimum Gasteiger partial charge on any atom is -0.295 e. The van der Waals surface area contributed by atoms with Crippen molar-refractivity contribution in [3.63, 3.8) is 0 Å². The van der Waals surface area contributed by atoms with Crippen LogP contribution in [0.5, 0.6) is 0 Å². The number of hydrogen-bond donors (Lipinski definition) is 0. The maximum Gasteiger partial charge on any atom is 0.178 e. The van der Waals surface area contributed by atoms with Crippen molar-refractivity contribution < 1.29 is 9.59 Å². The van der Waals surface area contributed by atoms with Crippen molar-refractivity contribution in [3.05, 3.63) is 54.1 Å². The second-order valence-electron chi connectivity index (χ2n) is 3.09. The molecule has 0 atom stereocenters. The summed E-state index contributed by atoms with van der Waals surface area (Å²) in [7, 11) is 0. The van der Waals surface area contributed by atoms with Crippen molar-refractivity contribution >= 4 is 17.6 Å². The maximum absolute atomic E-state index is 11.2. The summed E-state index contributed by atoms with van der Waals surface area (Å²) >= 11 is 0. The summed E-state index contributed by atoms with van der Waals surface area (Å²) in [5, 5.41) is 0. The number of carbonyl (C=O) groups excluding carboxylic acids is 2. The van der Waals surface area contributed by atoms with Crippen molar-refractivity contribution in [2.45, 2.75) is 6.92 Å². The Labute approximate surface area is 88.9 Å². The Bertz CT molecular complexity index is 400. The molecule has 1 aromatic carbocycles. The van der Waals surface area contributed by atoms with E-state index in [0.717, 1.165) is 5.56 Å². The summed E-state index contributed by atoms with van der Waals surface area (Å²) in [5.74, 6) is -0.314. The maximum atomic E-state index is 11.2. The van der Waals surface area contributed by atoms with Crippen LogP contribution in [0, 0.1) is 0 Å². The molecule has 76 valence electrons. The fourth-order valence-electron chi connectivity index (χ4n) is 0.998. The second kappa shape index (κ2) is 5.70. The normalized spacial score (nSPS) is 11.0. The van der Waals surface area contributed by atoms with Crippen LogP contribution in [0.2, 0.25) is 0 Å². The van der Waals surface area contributed by atoms with E-state index in [1.807, 2.05) is 30.3 Å². The Morgan fingerprint density at radius 2 is 1.67 bits per heavy atom. The second-order valence-corrected chi connectivity index (χ2v) is 3.09. The van der Waals surface area contributed by atoms with E-state index in [2.05, 4.69) is 0 Å². The first-order valence-electron chi connectivity index (χ1n) is 4.64. The summed E-state index contributed by atoms with van der Waals surface area (Å²) in [4.78, 5) is 21.8. The first-order valence-corrected chi connectivity index (χ1v) is 4.64. The van der Waals surface area contributed by atoms with Crippen LogP contribution in [0.15, 0.2) is 48.6 Å². The van der Waals surface area contributed by atoms with Crippen LogP contribution in [-0.4, -0.2) is 11.6 Å². The van der Waals surface area contributed by atoms with Gasteiger partial charge in [0.05, 0.1) is 0 Å². The highest BCUT2D eigenvalue weighted by atomic mass is 16.1. The first kappa shape index (κ1) is 11.1. The molecule has 0 saturated heterocycles. The Balaban J connectivity index is 2.59. The lowest BCUT2D eigenvalue weighted by Gasteiger charge is -1.89. The summed E-state index contributed by atoms with van der Waals surface area (Å²) in [6.07, 6.45) is 5.68. The SMILES string of the molecule is CC(=O)/C=C/C(=O)/C=C/c1ccccc1. The molecule has 0 saturated carbocycles. The summed E-state index contributed by atoms with van der Waals surface area (Å²) < 4.78 is 0. The van der Waals surface area contributed by atoms with E-state index >= 15 is 0 Å². The fraction of sp³-hybridized carbons (Fsp3) is 0.0769. The topological polar surface area (TPSA) is 34.1 Å². The zero-order chi connectivity index (χ0) is 11.1. The van der Waals surface area contributed by atoms with Crippen molar-refractivity contribution in [1.29, 1.82) is 0 Å². The molecule has 1 rings (SSSR count). The zero-order valence-electron chi connectivity index (χ0n) is 8.51. The van der Waals surface area contributed by atoms with Gasteiger partial charge in [-0.3, -0.25) is 9.59 Å². The third-order valence-electron chi connectivity index (χ3n) is 1.72. The molecular formula is C13H12O2. The predicted octanol–water partition coefficient (Wildman–Crippen LogP) is 2.41. The minimum absolute atomic E-state index is 0.128. The highest BCUT2D eigenvalue weighted by molar-refractivity contribution is 6.05. The average Bonchev–Trinajstić information content (AvgIpc) is 2.25. The van der Waals surface area contributed by atoms with E-state index in [1.54, 1.807) is 6.08 Å². The van der Waals surface area contributed by atoms with E-state index in [4.69, 9.17) is 0 Å². The lowest BCUT2D eigenvalue weighted by atomic mass is 10.2. The number of carbonyl (C=O) groups is 2. The standard InChI is InChI=1S/C13H12O2/c1-11(14)7-9-13(15)10-8-12-5-3-2-4-6-12/h2-10H,1H3/b9-7+,10-8+. The van der Waals surface area contributed by atoms with Gasteiger partial charge in [0.2, 0.25) is 0 Å². The van der Waals surface area contributed by atoms with Gasteiger partial charge in [-0.1, -0.05) is 36.4 Å². The summed E-state index contributed by atoms with van der Waals surface area (Å²) in [5.41, 5.74) is 0.960. The molecule has 0 radical (unpaired) electrons. The Morgan fingerprint density at radius 3 is 2.27 bits per heavy atom. The van der Waals surface area contributed by atoms with E-state index in [1.165, 1.54) is 25.2 Å². The van der Waals surface area contributed by atoms with E-state index in [-0.39, 0.29) is 11.6 Å². The number of rotatable bonds is 4. The van der Waals surface area contributed by atoms with Gasteiger partial charge in [-0.15, -0.1) is 0 Å². The van der Waals surface area contributed by atoms with Gasteiger partial charge >= 0.3 is 0 Å². The molecule has 15 heavy (non-hydrogen) atoms. The summed E-state index contributed by atoms with van der Waals surface area (Å²) in [6, 6.07) is 9.51. The van der Waals surface area contributed by atoms with Crippen LogP contribution in [0.3, 0.4) is 0 Å². The van der Waals surface area contributed by atoms with Crippen LogP contribution in [0.4, 0.5) is 0 Å². The molecule has 0 amide bonds. The molecule has 0 aliphatic carbocycles. The molecule has 0 unspecified atom stereocenters. The van der Waals surface area contributed by atoms with Gasteiger partial charge in [0.1, 0.15) is 0 Å². The molecule has 0 aliphatic heterocycles. The number of benzene rings is 1. The number of ketones is 2. The van der Waals surface area contributed by atoms with Crippen LogP contribution in [-0.2, 0) is 9.59 Å². The van der Waals surface area contributed by atoms with Crippen molar-refractivity contribution in [2.75, 3.05) is 0 Å². The van der Waals surface area contributed by atoms with Crippen molar-refractivity contribution in [3.8, 4) is 0 Å². The van der Waals surface area contributed by atoms with Crippen LogP contribution in [0.25, 0.3) is 6.08 Å². The quantitative estimate of drug-likeness (QED) is 0.699. The van der Waals surface area contributed by atoms with E-state index in [0.29, 0.717) is 0 Å². The predicted molar refractivity (Wildman–Crippen MR) is 60.3 cm³/mol. The monoisotopic (exact) mass is 200 g/mol. The third kappa shape index (κ3) is 4.72. The van der Waals surface area contributed by atoms with Crippen LogP contribution >= 0.6 is 0 Å².